The van der Waals surface area contributed by atoms with Crippen molar-refractivity contribution in [2.75, 3.05) is 31.9 Å². The fraction of sp³-hybridized carbons (Fsp3) is 0.615. The van der Waals surface area contributed by atoms with Crippen LogP contribution in [0, 0.1) is 0 Å². The van der Waals surface area contributed by atoms with Crippen LogP contribution >= 0.6 is 11.8 Å². The molecular weight excluding hydrogens is 348 g/mol. The van der Waals surface area contributed by atoms with E-state index in [2.05, 4.69) is 25.0 Å². The molecule has 1 aliphatic heterocycles. The number of nitrogens with zero attached hydrogens (tertiary/aromatic N) is 8. The lowest BCUT2D eigenvalue weighted by atomic mass is 10.1. The summed E-state index contributed by atoms with van der Waals surface area (Å²) in [5.74, 6) is 0.636. The summed E-state index contributed by atoms with van der Waals surface area (Å²) < 4.78 is 7.43. The SMILES string of the molecule is CSc1nc2c(N(C)C)ncnc2n1[C@@H]1O[C@H](CO)[C@@H](O)[C@H]1N=[N+]=[N-]. The average molecular weight is 366 g/mol. The van der Waals surface area contributed by atoms with Gasteiger partial charge in [0.1, 0.15) is 24.7 Å². The summed E-state index contributed by atoms with van der Waals surface area (Å²) in [6, 6.07) is -0.914. The molecule has 0 bridgehead atoms. The molecule has 4 atom stereocenters. The lowest BCUT2D eigenvalue weighted by Crippen LogP contribution is -2.32. The van der Waals surface area contributed by atoms with Crippen LogP contribution in [0.25, 0.3) is 21.6 Å². The Hall–Kier alpha value is -2.11. The Bertz CT molecular complexity index is 821. The summed E-state index contributed by atoms with van der Waals surface area (Å²) >= 11 is 1.37. The first kappa shape index (κ1) is 17.7. The maximum atomic E-state index is 10.3. The molecule has 0 amide bonds. The van der Waals surface area contributed by atoms with Gasteiger partial charge in [-0.3, -0.25) is 4.57 Å². The van der Waals surface area contributed by atoms with Crippen molar-refractivity contribution in [3.63, 3.8) is 0 Å². The highest BCUT2D eigenvalue weighted by atomic mass is 32.2. The van der Waals surface area contributed by atoms with Crippen LogP contribution < -0.4 is 4.90 Å². The van der Waals surface area contributed by atoms with Crippen LogP contribution in [0.15, 0.2) is 16.6 Å². The average Bonchev–Trinajstić information content (AvgIpc) is 3.12. The maximum absolute atomic E-state index is 10.3. The van der Waals surface area contributed by atoms with Gasteiger partial charge in [0.15, 0.2) is 22.1 Å². The van der Waals surface area contributed by atoms with Crippen LogP contribution in [0.1, 0.15) is 6.23 Å². The Kier molecular flexibility index (Phi) is 4.97. The van der Waals surface area contributed by atoms with E-state index in [1.54, 1.807) is 4.57 Å². The minimum absolute atomic E-state index is 0.395. The molecule has 2 N–H and O–H groups in total. The van der Waals surface area contributed by atoms with E-state index in [0.29, 0.717) is 22.1 Å². The van der Waals surface area contributed by atoms with Gasteiger partial charge in [-0.05, 0) is 11.8 Å². The van der Waals surface area contributed by atoms with Crippen molar-refractivity contribution in [3.05, 3.63) is 16.8 Å². The third-order valence-corrected chi connectivity index (χ3v) is 4.64. The van der Waals surface area contributed by atoms with Crippen LogP contribution in [0.3, 0.4) is 0 Å². The van der Waals surface area contributed by atoms with Crippen LogP contribution in [-0.2, 0) is 4.74 Å². The molecule has 3 heterocycles. The number of anilines is 1. The van der Waals surface area contributed by atoms with Gasteiger partial charge in [0.05, 0.1) is 12.7 Å². The largest absolute Gasteiger partial charge is 0.394 e. The van der Waals surface area contributed by atoms with Crippen molar-refractivity contribution in [3.8, 4) is 0 Å². The van der Waals surface area contributed by atoms with E-state index in [9.17, 15) is 10.2 Å². The van der Waals surface area contributed by atoms with Crippen molar-refractivity contribution >= 4 is 28.7 Å². The number of imidazole rings is 1. The first-order chi connectivity index (χ1) is 12.0. The molecule has 2 aromatic rings. The van der Waals surface area contributed by atoms with Gasteiger partial charge in [-0.25, -0.2) is 15.0 Å². The Balaban J connectivity index is 2.20. The molecule has 1 saturated heterocycles. The van der Waals surface area contributed by atoms with E-state index in [4.69, 9.17) is 10.3 Å². The lowest BCUT2D eigenvalue weighted by Gasteiger charge is -2.19. The van der Waals surface area contributed by atoms with Gasteiger partial charge in [0, 0.05) is 19.0 Å². The van der Waals surface area contributed by atoms with Crippen molar-refractivity contribution < 1.29 is 14.9 Å². The van der Waals surface area contributed by atoms with E-state index >= 15 is 0 Å². The normalized spacial score (nSPS) is 26.0. The van der Waals surface area contributed by atoms with E-state index in [1.807, 2.05) is 25.3 Å². The number of ether oxygens (including phenoxy) is 1. The van der Waals surface area contributed by atoms with E-state index < -0.39 is 31.1 Å². The molecule has 1 aliphatic rings. The van der Waals surface area contributed by atoms with E-state index in [0.717, 1.165) is 0 Å². The highest BCUT2D eigenvalue weighted by Crippen LogP contribution is 2.37. The second-order valence-corrected chi connectivity index (χ2v) is 6.44. The number of thioether (sulfide) groups is 1. The quantitative estimate of drug-likeness (QED) is 0.337. The Morgan fingerprint density at radius 1 is 1.48 bits per heavy atom. The van der Waals surface area contributed by atoms with Gasteiger partial charge in [0.25, 0.3) is 0 Å². The van der Waals surface area contributed by atoms with E-state index in [-0.39, 0.29) is 0 Å². The Morgan fingerprint density at radius 3 is 2.84 bits per heavy atom. The van der Waals surface area contributed by atoms with Gasteiger partial charge in [-0.1, -0.05) is 16.9 Å². The molecule has 0 unspecified atom stereocenters. The molecule has 11 nitrogen and oxygen atoms in total. The zero-order chi connectivity index (χ0) is 18.1. The topological polar surface area (TPSA) is 145 Å². The van der Waals surface area contributed by atoms with Gasteiger partial charge in [-0.15, -0.1) is 0 Å². The van der Waals surface area contributed by atoms with Crippen molar-refractivity contribution in [2.24, 2.45) is 5.11 Å². The van der Waals surface area contributed by atoms with Crippen molar-refractivity contribution in [1.82, 2.24) is 19.5 Å². The summed E-state index contributed by atoms with van der Waals surface area (Å²) in [5, 5.41) is 23.9. The van der Waals surface area contributed by atoms with Crippen molar-refractivity contribution in [2.45, 2.75) is 29.6 Å². The minimum atomic E-state index is -1.13. The molecule has 25 heavy (non-hydrogen) atoms. The minimum Gasteiger partial charge on any atom is -0.394 e. The summed E-state index contributed by atoms with van der Waals surface area (Å²) in [6.07, 6.45) is 0.437. The fourth-order valence-electron chi connectivity index (χ4n) is 2.86. The zero-order valence-corrected chi connectivity index (χ0v) is 14.7. The molecule has 3 rings (SSSR count). The molecule has 0 spiro atoms. The molecule has 0 aromatic carbocycles. The molecule has 134 valence electrons. The first-order valence-electron chi connectivity index (χ1n) is 7.46. The standard InChI is InChI=1S/C13H18N8O3S/c1-20(2)10-8-11(16-5-15-10)21(13(17-8)25-3)12-7(18-19-14)9(23)6(4-22)24-12/h5-7,9,12,22-23H,4H2,1-3H3/t6-,7-,9-,12-/m1/s1. The van der Waals surface area contributed by atoms with Crippen LogP contribution in [0.2, 0.25) is 0 Å². The van der Waals surface area contributed by atoms with Gasteiger partial charge >= 0.3 is 0 Å². The summed E-state index contributed by atoms with van der Waals surface area (Å²) in [5.41, 5.74) is 9.91. The van der Waals surface area contributed by atoms with Crippen LogP contribution in [-0.4, -0.2) is 74.9 Å². The van der Waals surface area contributed by atoms with Crippen LogP contribution in [0.5, 0.6) is 0 Å². The smallest absolute Gasteiger partial charge is 0.172 e. The Labute approximate surface area is 147 Å². The number of fused-ring (bicyclic) bond motifs is 1. The number of aromatic nitrogens is 4. The third-order valence-electron chi connectivity index (χ3n) is 3.99. The highest BCUT2D eigenvalue weighted by Gasteiger charge is 2.45. The molecule has 2 aromatic heterocycles. The second-order valence-electron chi connectivity index (χ2n) is 5.67. The maximum Gasteiger partial charge on any atom is 0.172 e. The zero-order valence-electron chi connectivity index (χ0n) is 13.9. The number of azide groups is 1. The number of aliphatic hydroxyl groups excluding tert-OH is 2. The van der Waals surface area contributed by atoms with Crippen molar-refractivity contribution in [1.29, 1.82) is 0 Å². The highest BCUT2D eigenvalue weighted by molar-refractivity contribution is 7.98. The second kappa shape index (κ2) is 7.02. The number of rotatable bonds is 5. The molecule has 0 radical (unpaired) electrons. The van der Waals surface area contributed by atoms with Gasteiger partial charge < -0.3 is 19.8 Å². The monoisotopic (exact) mass is 366 g/mol. The van der Waals surface area contributed by atoms with Gasteiger partial charge in [-0.2, -0.15) is 0 Å². The molecular formula is C13H18N8O3S. The molecule has 12 heteroatoms. The predicted octanol–water partition coefficient (Wildman–Crippen LogP) is 0.544. The molecule has 0 saturated carbocycles. The van der Waals surface area contributed by atoms with Crippen LogP contribution in [0.4, 0.5) is 5.82 Å². The van der Waals surface area contributed by atoms with Gasteiger partial charge in [0.2, 0.25) is 0 Å². The lowest BCUT2D eigenvalue weighted by molar-refractivity contribution is -0.0463. The summed E-state index contributed by atoms with van der Waals surface area (Å²) in [4.78, 5) is 17.7. The molecule has 1 fully saturated rings. The molecule has 0 aliphatic carbocycles. The predicted molar refractivity (Wildman–Crippen MR) is 91.4 cm³/mol. The Morgan fingerprint density at radius 2 is 2.24 bits per heavy atom. The van der Waals surface area contributed by atoms with E-state index in [1.165, 1.54) is 18.1 Å². The number of hydrogen-bond donors (Lipinski definition) is 2. The fourth-order valence-corrected chi connectivity index (χ4v) is 3.43. The first-order valence-corrected chi connectivity index (χ1v) is 8.68. The summed E-state index contributed by atoms with van der Waals surface area (Å²) in [7, 11) is 3.69. The number of aliphatic hydroxyl groups is 2. The third kappa shape index (κ3) is 2.87. The summed E-state index contributed by atoms with van der Waals surface area (Å²) in [6.45, 7) is -0.395. The number of hydrogen-bond acceptors (Lipinski definition) is 9.